The van der Waals surface area contributed by atoms with Crippen LogP contribution in [0.1, 0.15) is 44.6 Å². The zero-order chi connectivity index (χ0) is 19.4. The van der Waals surface area contributed by atoms with Gasteiger partial charge < -0.3 is 14.8 Å². The second-order valence-corrected chi connectivity index (χ2v) is 5.83. The Kier molecular flexibility index (Phi) is 9.54. The van der Waals surface area contributed by atoms with Crippen molar-refractivity contribution in [2.75, 3.05) is 6.61 Å². The number of alkyl carbamates (subject to hydrolysis) is 1. The van der Waals surface area contributed by atoms with Crippen molar-refractivity contribution in [3.8, 4) is 0 Å². The Bertz CT molecular complexity index is 549. The number of amides is 1. The number of esters is 1. The fourth-order valence-electron chi connectivity index (χ4n) is 2.18. The lowest BCUT2D eigenvalue weighted by Crippen LogP contribution is -2.43. The molecule has 0 heterocycles. The fourth-order valence-corrected chi connectivity index (χ4v) is 2.18. The van der Waals surface area contributed by atoms with E-state index in [0.717, 1.165) is 24.8 Å². The second kappa shape index (κ2) is 11.4. The Balaban J connectivity index is 2.53. The zero-order valence-electron chi connectivity index (χ0n) is 14.7. The van der Waals surface area contributed by atoms with Crippen LogP contribution in [0.4, 0.5) is 18.0 Å². The van der Waals surface area contributed by atoms with Gasteiger partial charge in [-0.1, -0.05) is 62.9 Å². The van der Waals surface area contributed by atoms with Crippen molar-refractivity contribution >= 4 is 12.1 Å². The summed E-state index contributed by atoms with van der Waals surface area (Å²) in [5, 5.41) is 2.30. The van der Waals surface area contributed by atoms with Crippen LogP contribution in [-0.4, -0.2) is 30.9 Å². The maximum atomic E-state index is 12.2. The summed E-state index contributed by atoms with van der Waals surface area (Å²) in [6, 6.07) is 7.72. The smallest absolute Gasteiger partial charge is 0.422 e. The van der Waals surface area contributed by atoms with E-state index in [1.165, 1.54) is 0 Å². The number of unbranched alkanes of at least 4 members (excludes halogenated alkanes) is 3. The highest BCUT2D eigenvalue weighted by Gasteiger charge is 2.32. The number of carbonyl (C=O) groups is 2. The van der Waals surface area contributed by atoms with Crippen LogP contribution >= 0.6 is 0 Å². The summed E-state index contributed by atoms with van der Waals surface area (Å²) in [6.45, 7) is 0.319. The number of nitrogens with one attached hydrogen (secondary N) is 1. The molecule has 146 valence electrons. The molecular formula is C18H24F3NO4. The molecule has 0 unspecified atom stereocenters. The molecule has 0 aromatic heterocycles. The summed E-state index contributed by atoms with van der Waals surface area (Å²) < 4.78 is 45.9. The average Bonchev–Trinajstić information content (AvgIpc) is 2.60. The molecule has 0 aliphatic rings. The van der Waals surface area contributed by atoms with Crippen LogP contribution in [0.3, 0.4) is 0 Å². The molecule has 1 N–H and O–H groups in total. The Hall–Kier alpha value is -2.25. The molecule has 8 heteroatoms. The van der Waals surface area contributed by atoms with Crippen LogP contribution in [-0.2, 0) is 20.9 Å². The first-order valence-corrected chi connectivity index (χ1v) is 8.52. The van der Waals surface area contributed by atoms with Gasteiger partial charge in [-0.3, -0.25) is 0 Å². The van der Waals surface area contributed by atoms with Crippen molar-refractivity contribution in [2.24, 2.45) is 0 Å². The molecule has 1 amide bonds. The molecule has 26 heavy (non-hydrogen) atoms. The van der Waals surface area contributed by atoms with Crippen LogP contribution in [0.15, 0.2) is 30.3 Å². The summed E-state index contributed by atoms with van der Waals surface area (Å²) in [4.78, 5) is 23.7. The molecule has 1 aromatic carbocycles. The van der Waals surface area contributed by atoms with Gasteiger partial charge in [-0.25, -0.2) is 9.59 Å². The van der Waals surface area contributed by atoms with Gasteiger partial charge in [-0.2, -0.15) is 13.2 Å². The minimum absolute atomic E-state index is 0.00712. The van der Waals surface area contributed by atoms with Crippen molar-refractivity contribution < 1.29 is 32.2 Å². The van der Waals surface area contributed by atoms with Crippen molar-refractivity contribution in [2.45, 2.75) is 57.9 Å². The number of benzene rings is 1. The summed E-state index contributed by atoms with van der Waals surface area (Å²) in [6.07, 6.45) is -2.01. The van der Waals surface area contributed by atoms with Crippen LogP contribution in [0.2, 0.25) is 0 Å². The van der Waals surface area contributed by atoms with E-state index in [1.807, 2.05) is 13.0 Å². The summed E-state index contributed by atoms with van der Waals surface area (Å²) in [7, 11) is 0. The molecule has 0 aliphatic carbocycles. The van der Waals surface area contributed by atoms with Crippen molar-refractivity contribution in [1.82, 2.24) is 5.32 Å². The van der Waals surface area contributed by atoms with Crippen LogP contribution in [0, 0.1) is 0 Å². The van der Waals surface area contributed by atoms with Gasteiger partial charge in [-0.15, -0.1) is 0 Å². The lowest BCUT2D eigenvalue weighted by Gasteiger charge is -2.18. The standard InChI is InChI=1S/C18H24F3NO4/c1-2-3-4-8-11-15(16(23)26-13-18(19,20)21)22-17(24)25-12-14-9-6-5-7-10-14/h5-7,9-10,15H,2-4,8,11-13H2,1H3,(H,22,24)/t15-/m1/s1. The van der Waals surface area contributed by atoms with Gasteiger partial charge in [-0.05, 0) is 12.0 Å². The lowest BCUT2D eigenvalue weighted by atomic mass is 10.1. The molecule has 1 atom stereocenters. The Morgan fingerprint density at radius 3 is 2.38 bits per heavy atom. The minimum atomic E-state index is -4.61. The predicted molar refractivity (Wildman–Crippen MR) is 89.3 cm³/mol. The van der Waals surface area contributed by atoms with Crippen LogP contribution in [0.5, 0.6) is 0 Å². The van der Waals surface area contributed by atoms with Gasteiger partial charge in [0.15, 0.2) is 6.61 Å². The molecule has 0 aliphatic heterocycles. The highest BCUT2D eigenvalue weighted by Crippen LogP contribution is 2.16. The molecule has 0 saturated carbocycles. The third kappa shape index (κ3) is 9.90. The van der Waals surface area contributed by atoms with E-state index in [2.05, 4.69) is 10.1 Å². The Morgan fingerprint density at radius 2 is 1.77 bits per heavy atom. The maximum absolute atomic E-state index is 12.2. The first-order valence-electron chi connectivity index (χ1n) is 8.52. The Morgan fingerprint density at radius 1 is 1.08 bits per heavy atom. The van der Waals surface area contributed by atoms with Crippen molar-refractivity contribution in [3.63, 3.8) is 0 Å². The van der Waals surface area contributed by atoms with Gasteiger partial charge in [0.05, 0.1) is 0 Å². The number of rotatable bonds is 10. The topological polar surface area (TPSA) is 64.6 Å². The molecule has 0 fully saturated rings. The highest BCUT2D eigenvalue weighted by atomic mass is 19.4. The molecule has 0 bridgehead atoms. The van der Waals surface area contributed by atoms with Gasteiger partial charge in [0, 0.05) is 0 Å². The van der Waals surface area contributed by atoms with E-state index >= 15 is 0 Å². The first kappa shape index (κ1) is 21.8. The molecule has 0 spiro atoms. The van der Waals surface area contributed by atoms with E-state index in [-0.39, 0.29) is 13.0 Å². The van der Waals surface area contributed by atoms with Crippen LogP contribution < -0.4 is 5.32 Å². The zero-order valence-corrected chi connectivity index (χ0v) is 14.7. The molecule has 0 saturated heterocycles. The number of halogens is 3. The summed E-state index contributed by atoms with van der Waals surface area (Å²) in [5.41, 5.74) is 0.752. The maximum Gasteiger partial charge on any atom is 0.422 e. The second-order valence-electron chi connectivity index (χ2n) is 5.83. The lowest BCUT2D eigenvalue weighted by molar-refractivity contribution is -0.187. The largest absolute Gasteiger partial charge is 0.455 e. The van der Waals surface area contributed by atoms with E-state index < -0.39 is 30.9 Å². The fraction of sp³-hybridized carbons (Fsp3) is 0.556. The number of alkyl halides is 3. The van der Waals surface area contributed by atoms with Gasteiger partial charge in [0.1, 0.15) is 12.6 Å². The van der Waals surface area contributed by atoms with Crippen molar-refractivity contribution in [1.29, 1.82) is 0 Å². The monoisotopic (exact) mass is 375 g/mol. The number of hydrogen-bond donors (Lipinski definition) is 1. The van der Waals surface area contributed by atoms with Crippen molar-refractivity contribution in [3.05, 3.63) is 35.9 Å². The highest BCUT2D eigenvalue weighted by molar-refractivity contribution is 5.81. The quantitative estimate of drug-likeness (QED) is 0.488. The molecule has 5 nitrogen and oxygen atoms in total. The van der Waals surface area contributed by atoms with Gasteiger partial charge >= 0.3 is 18.2 Å². The van der Waals surface area contributed by atoms with E-state index in [1.54, 1.807) is 24.3 Å². The number of hydrogen-bond acceptors (Lipinski definition) is 4. The van der Waals surface area contributed by atoms with E-state index in [4.69, 9.17) is 4.74 Å². The summed E-state index contributed by atoms with van der Waals surface area (Å²) >= 11 is 0. The average molecular weight is 375 g/mol. The number of ether oxygens (including phenoxy) is 2. The molecular weight excluding hydrogens is 351 g/mol. The Labute approximate surface area is 150 Å². The predicted octanol–water partition coefficient (Wildman–Crippen LogP) is 4.36. The van der Waals surface area contributed by atoms with Gasteiger partial charge in [0.2, 0.25) is 0 Å². The number of carbonyl (C=O) groups excluding carboxylic acids is 2. The summed E-state index contributed by atoms with van der Waals surface area (Å²) in [5.74, 6) is -1.12. The third-order valence-corrected chi connectivity index (χ3v) is 3.51. The molecule has 0 radical (unpaired) electrons. The van der Waals surface area contributed by atoms with Crippen LogP contribution in [0.25, 0.3) is 0 Å². The minimum Gasteiger partial charge on any atom is -0.455 e. The molecule has 1 rings (SSSR count). The first-order chi connectivity index (χ1) is 12.3. The normalized spacial score (nSPS) is 12.3. The van der Waals surface area contributed by atoms with Gasteiger partial charge in [0.25, 0.3) is 0 Å². The third-order valence-electron chi connectivity index (χ3n) is 3.51. The van der Waals surface area contributed by atoms with E-state index in [0.29, 0.717) is 6.42 Å². The van der Waals surface area contributed by atoms with E-state index in [9.17, 15) is 22.8 Å². The SMILES string of the molecule is CCCCCC[C@@H](NC(=O)OCc1ccccc1)C(=O)OCC(F)(F)F. The molecule has 1 aromatic rings.